The zero-order valence-electron chi connectivity index (χ0n) is 10.5. The molecule has 1 aromatic carbocycles. The van der Waals surface area contributed by atoms with Crippen molar-refractivity contribution in [2.45, 2.75) is 19.1 Å². The van der Waals surface area contributed by atoms with Crippen molar-refractivity contribution in [3.63, 3.8) is 0 Å². The molecule has 20 heavy (non-hydrogen) atoms. The number of hydrogen-bond donors (Lipinski definition) is 0. The molecule has 6 nitrogen and oxygen atoms in total. The van der Waals surface area contributed by atoms with Crippen LogP contribution < -0.4 is 4.74 Å². The molecule has 0 amide bonds. The molecule has 0 unspecified atom stereocenters. The first-order chi connectivity index (χ1) is 9.58. The highest BCUT2D eigenvalue weighted by molar-refractivity contribution is 9.10. The van der Waals surface area contributed by atoms with Gasteiger partial charge in [-0.3, -0.25) is 10.1 Å². The van der Waals surface area contributed by atoms with Gasteiger partial charge in [0.15, 0.2) is 6.29 Å². The molecule has 8 heteroatoms. The predicted octanol–water partition coefficient (Wildman–Crippen LogP) is 3.54. The lowest BCUT2D eigenvalue weighted by atomic mass is 10.3. The van der Waals surface area contributed by atoms with Crippen LogP contribution in [0.4, 0.5) is 5.69 Å². The Kier molecular flexibility index (Phi) is 5.59. The summed E-state index contributed by atoms with van der Waals surface area (Å²) in [5.41, 5.74) is -0.171. The van der Waals surface area contributed by atoms with Gasteiger partial charge in [-0.1, -0.05) is 11.6 Å². The summed E-state index contributed by atoms with van der Waals surface area (Å²) in [5.74, 6) is 0.162. The minimum atomic E-state index is -0.528. The molecule has 1 heterocycles. The largest absolute Gasteiger partial charge is 0.486 e. The molecule has 1 fully saturated rings. The topological polar surface area (TPSA) is 70.8 Å². The molecular formula is C12H13BrClNO5. The van der Waals surface area contributed by atoms with Gasteiger partial charge in [-0.15, -0.1) is 0 Å². The first-order valence-corrected chi connectivity index (χ1v) is 7.24. The zero-order valence-corrected chi connectivity index (χ0v) is 12.9. The van der Waals surface area contributed by atoms with Gasteiger partial charge in [0.2, 0.25) is 5.75 Å². The summed E-state index contributed by atoms with van der Waals surface area (Å²) in [6.45, 7) is 1.58. The summed E-state index contributed by atoms with van der Waals surface area (Å²) < 4.78 is 16.7. The number of nitrogens with zero attached hydrogens (tertiary/aromatic N) is 1. The van der Waals surface area contributed by atoms with Crippen LogP contribution in [0.25, 0.3) is 0 Å². The number of nitro benzene ring substituents is 1. The first-order valence-electron chi connectivity index (χ1n) is 6.07. The summed E-state index contributed by atoms with van der Waals surface area (Å²) in [7, 11) is 0. The van der Waals surface area contributed by atoms with Gasteiger partial charge in [0.05, 0.1) is 29.2 Å². The molecule has 1 saturated heterocycles. The fourth-order valence-electron chi connectivity index (χ4n) is 1.79. The maximum atomic E-state index is 11.0. The van der Waals surface area contributed by atoms with E-state index in [1.54, 1.807) is 6.07 Å². The van der Waals surface area contributed by atoms with Crippen molar-refractivity contribution in [2.75, 3.05) is 19.8 Å². The quantitative estimate of drug-likeness (QED) is 0.589. The van der Waals surface area contributed by atoms with Gasteiger partial charge >= 0.3 is 5.69 Å². The third-order valence-electron chi connectivity index (χ3n) is 2.68. The van der Waals surface area contributed by atoms with Gasteiger partial charge in [0.1, 0.15) is 0 Å². The number of hydrogen-bond acceptors (Lipinski definition) is 5. The molecule has 110 valence electrons. The van der Waals surface area contributed by atoms with Gasteiger partial charge in [0, 0.05) is 17.5 Å². The van der Waals surface area contributed by atoms with E-state index in [0.717, 1.165) is 6.42 Å². The van der Waals surface area contributed by atoms with Crippen LogP contribution in [0, 0.1) is 10.1 Å². The highest BCUT2D eigenvalue weighted by atomic mass is 79.9. The molecule has 0 aliphatic carbocycles. The summed E-state index contributed by atoms with van der Waals surface area (Å²) in [5, 5.41) is 11.3. The highest BCUT2D eigenvalue weighted by Crippen LogP contribution is 2.38. The van der Waals surface area contributed by atoms with E-state index in [2.05, 4.69) is 15.9 Å². The van der Waals surface area contributed by atoms with Crippen LogP contribution >= 0.6 is 27.5 Å². The van der Waals surface area contributed by atoms with Crippen molar-refractivity contribution >= 4 is 33.2 Å². The van der Waals surface area contributed by atoms with Gasteiger partial charge in [-0.25, -0.2) is 0 Å². The average Bonchev–Trinajstić information content (AvgIpc) is 2.41. The van der Waals surface area contributed by atoms with Gasteiger partial charge in [-0.2, -0.15) is 0 Å². The standard InChI is InChI=1S/C12H13BrClNO5/c13-9-6-8(14)7-10(15(16)17)12(9)20-5-2-11-18-3-1-4-19-11/h6-7,11H,1-5H2. The van der Waals surface area contributed by atoms with Crippen LogP contribution in [0.2, 0.25) is 5.02 Å². The van der Waals surface area contributed by atoms with E-state index in [1.165, 1.54) is 6.07 Å². The molecule has 0 saturated carbocycles. The van der Waals surface area contributed by atoms with Crippen molar-refractivity contribution in [2.24, 2.45) is 0 Å². The van der Waals surface area contributed by atoms with E-state index in [4.69, 9.17) is 25.8 Å². The molecule has 0 bridgehead atoms. The molecule has 1 aromatic rings. The third kappa shape index (κ3) is 4.05. The smallest absolute Gasteiger partial charge is 0.313 e. The molecule has 0 spiro atoms. The minimum absolute atomic E-state index is 0.162. The molecule has 1 aliphatic heterocycles. The minimum Gasteiger partial charge on any atom is -0.486 e. The van der Waals surface area contributed by atoms with Crippen molar-refractivity contribution in [1.82, 2.24) is 0 Å². The second kappa shape index (κ2) is 7.21. The maximum Gasteiger partial charge on any atom is 0.313 e. The van der Waals surface area contributed by atoms with Crippen LogP contribution in [0.5, 0.6) is 5.75 Å². The van der Waals surface area contributed by atoms with E-state index in [9.17, 15) is 10.1 Å². The molecule has 2 rings (SSSR count). The SMILES string of the molecule is O=[N+]([O-])c1cc(Cl)cc(Br)c1OCCC1OCCCO1. The number of halogens is 2. The zero-order chi connectivity index (χ0) is 14.5. The predicted molar refractivity (Wildman–Crippen MR) is 76.2 cm³/mol. The molecule has 1 aliphatic rings. The van der Waals surface area contributed by atoms with Gasteiger partial charge in [0.25, 0.3) is 0 Å². The second-order valence-corrected chi connectivity index (χ2v) is 5.45. The van der Waals surface area contributed by atoms with E-state index >= 15 is 0 Å². The lowest BCUT2D eigenvalue weighted by Gasteiger charge is -2.23. The Morgan fingerprint density at radius 3 is 2.80 bits per heavy atom. The number of benzene rings is 1. The lowest BCUT2D eigenvalue weighted by molar-refractivity contribution is -0.386. The van der Waals surface area contributed by atoms with Gasteiger partial charge in [-0.05, 0) is 28.4 Å². The fourth-order valence-corrected chi connectivity index (χ4v) is 2.69. The Hall–Kier alpha value is -0.890. The Morgan fingerprint density at radius 2 is 2.15 bits per heavy atom. The molecule has 0 atom stereocenters. The molecule has 0 aromatic heterocycles. The van der Waals surface area contributed by atoms with E-state index < -0.39 is 4.92 Å². The first kappa shape index (κ1) is 15.5. The Balaban J connectivity index is 1.99. The van der Waals surface area contributed by atoms with Crippen LogP contribution in [0.1, 0.15) is 12.8 Å². The Bertz CT molecular complexity index is 493. The Morgan fingerprint density at radius 1 is 1.45 bits per heavy atom. The molecule has 0 N–H and O–H groups in total. The number of rotatable bonds is 5. The normalized spacial score (nSPS) is 16.1. The third-order valence-corrected chi connectivity index (χ3v) is 3.49. The summed E-state index contributed by atoms with van der Waals surface area (Å²) in [6.07, 6.45) is 1.08. The fraction of sp³-hybridized carbons (Fsp3) is 0.500. The van der Waals surface area contributed by atoms with Crippen LogP contribution in [0.15, 0.2) is 16.6 Å². The highest BCUT2D eigenvalue weighted by Gasteiger charge is 2.21. The molecule has 0 radical (unpaired) electrons. The lowest BCUT2D eigenvalue weighted by Crippen LogP contribution is -2.26. The number of nitro groups is 1. The van der Waals surface area contributed by atoms with Crippen LogP contribution in [-0.2, 0) is 9.47 Å². The van der Waals surface area contributed by atoms with Gasteiger partial charge < -0.3 is 14.2 Å². The van der Waals surface area contributed by atoms with Crippen LogP contribution in [0.3, 0.4) is 0 Å². The summed E-state index contributed by atoms with van der Waals surface area (Å²) in [6, 6.07) is 2.81. The maximum absolute atomic E-state index is 11.0. The Labute approximate surface area is 129 Å². The number of ether oxygens (including phenoxy) is 3. The average molecular weight is 367 g/mol. The summed E-state index contributed by atoms with van der Waals surface area (Å²) >= 11 is 9.01. The van der Waals surface area contributed by atoms with E-state index in [1.807, 2.05) is 0 Å². The van der Waals surface area contributed by atoms with Crippen LogP contribution in [-0.4, -0.2) is 31.0 Å². The van der Waals surface area contributed by atoms with Crippen molar-refractivity contribution in [3.8, 4) is 5.75 Å². The molecular weight excluding hydrogens is 353 g/mol. The van der Waals surface area contributed by atoms with E-state index in [0.29, 0.717) is 24.1 Å². The summed E-state index contributed by atoms with van der Waals surface area (Å²) in [4.78, 5) is 10.5. The van der Waals surface area contributed by atoms with Crippen molar-refractivity contribution in [3.05, 3.63) is 31.7 Å². The second-order valence-electron chi connectivity index (χ2n) is 4.15. The monoisotopic (exact) mass is 365 g/mol. The van der Waals surface area contributed by atoms with Crippen molar-refractivity contribution < 1.29 is 19.1 Å². The van der Waals surface area contributed by atoms with E-state index in [-0.39, 0.29) is 29.4 Å². The van der Waals surface area contributed by atoms with Crippen molar-refractivity contribution in [1.29, 1.82) is 0 Å².